The summed E-state index contributed by atoms with van der Waals surface area (Å²) < 4.78 is 6.21. The van der Waals surface area contributed by atoms with Crippen LogP contribution in [0.4, 0.5) is 0 Å². The maximum atomic E-state index is 6.21. The Balaban J connectivity index is 0.000000135. The third kappa shape index (κ3) is 9.40. The molecule has 0 fully saturated rings. The lowest BCUT2D eigenvalue weighted by atomic mass is 9.80. The lowest BCUT2D eigenvalue weighted by molar-refractivity contribution is 0.666. The number of para-hydroxylation sites is 1. The zero-order chi connectivity index (χ0) is 72.4. The molecule has 20 aromatic carbocycles. The van der Waals surface area contributed by atoms with Crippen LogP contribution >= 0.6 is 0 Å². The van der Waals surface area contributed by atoms with Crippen LogP contribution in [0.3, 0.4) is 0 Å². The predicted molar refractivity (Wildman–Crippen MR) is 465 cm³/mol. The first-order valence-corrected chi connectivity index (χ1v) is 38.3. The van der Waals surface area contributed by atoms with Crippen molar-refractivity contribution in [3.05, 3.63) is 386 Å². The Kier molecular flexibility index (Phi) is 13.9. The highest BCUT2D eigenvalue weighted by Gasteiger charge is 2.40. The lowest BCUT2D eigenvalue weighted by Gasteiger charge is -2.23. The second kappa shape index (κ2) is 24.0. The molecule has 0 amide bonds. The summed E-state index contributed by atoms with van der Waals surface area (Å²) in [6.45, 7) is 9.54. The molecule has 23 rings (SSSR count). The van der Waals surface area contributed by atoms with Crippen molar-refractivity contribution in [3.8, 4) is 89.0 Å². The van der Waals surface area contributed by atoms with Gasteiger partial charge < -0.3 is 4.42 Å². The minimum atomic E-state index is -0.0921. The number of rotatable bonds is 6. The molecular formula is C108H72O. The summed E-state index contributed by atoms with van der Waals surface area (Å²) in [5.74, 6) is 0. The van der Waals surface area contributed by atoms with E-state index in [1.165, 1.54) is 208 Å². The minimum absolute atomic E-state index is 0.0870. The molecule has 0 saturated carbocycles. The van der Waals surface area contributed by atoms with Crippen LogP contribution in [0.25, 0.3) is 208 Å². The minimum Gasteiger partial charge on any atom is -0.456 e. The second-order valence-electron chi connectivity index (χ2n) is 31.1. The molecule has 21 aromatic rings. The Hall–Kier alpha value is -13.5. The van der Waals surface area contributed by atoms with E-state index < -0.39 is 0 Å². The first-order valence-electron chi connectivity index (χ1n) is 38.3. The molecule has 0 aliphatic heterocycles. The van der Waals surface area contributed by atoms with E-state index in [1.807, 2.05) is 12.1 Å². The quantitative estimate of drug-likeness (QED) is 0.119. The van der Waals surface area contributed by atoms with Crippen molar-refractivity contribution in [1.29, 1.82) is 0 Å². The smallest absolute Gasteiger partial charge is 0.135 e. The van der Waals surface area contributed by atoms with Crippen LogP contribution in [0.15, 0.2) is 368 Å². The van der Waals surface area contributed by atoms with Crippen molar-refractivity contribution >= 4 is 119 Å². The molecule has 1 nitrogen and oxygen atoms in total. The first-order chi connectivity index (χ1) is 53.6. The number of benzene rings is 20. The maximum Gasteiger partial charge on any atom is 0.135 e. The highest BCUT2D eigenvalue weighted by atomic mass is 16.3. The van der Waals surface area contributed by atoms with Gasteiger partial charge >= 0.3 is 0 Å². The molecule has 2 aliphatic rings. The van der Waals surface area contributed by atoms with Gasteiger partial charge in [0.25, 0.3) is 0 Å². The Bertz CT molecular complexity index is 7330. The maximum absolute atomic E-state index is 6.21. The molecule has 0 spiro atoms. The molecule has 0 unspecified atom stereocenters. The van der Waals surface area contributed by atoms with Gasteiger partial charge in [0.15, 0.2) is 0 Å². The third-order valence-electron chi connectivity index (χ3n) is 24.6. The van der Waals surface area contributed by atoms with Gasteiger partial charge in [0.1, 0.15) is 11.2 Å². The van der Waals surface area contributed by atoms with Gasteiger partial charge in [-0.25, -0.2) is 0 Å². The fourth-order valence-electron chi connectivity index (χ4n) is 19.9. The molecule has 1 aromatic heterocycles. The van der Waals surface area contributed by atoms with E-state index in [0.717, 1.165) is 21.9 Å². The average molecular weight is 1390 g/mol. The summed E-state index contributed by atoms with van der Waals surface area (Å²) in [6.07, 6.45) is 0. The molecule has 0 radical (unpaired) electrons. The summed E-state index contributed by atoms with van der Waals surface area (Å²) >= 11 is 0. The predicted octanol–water partition coefficient (Wildman–Crippen LogP) is 30.3. The van der Waals surface area contributed by atoms with Crippen LogP contribution in [-0.2, 0) is 10.8 Å². The van der Waals surface area contributed by atoms with E-state index in [2.05, 4.69) is 380 Å². The average Bonchev–Trinajstić information content (AvgIpc) is 1.66. The van der Waals surface area contributed by atoms with Gasteiger partial charge in [-0.05, 0) is 232 Å². The van der Waals surface area contributed by atoms with Gasteiger partial charge in [0.2, 0.25) is 0 Å². The largest absolute Gasteiger partial charge is 0.456 e. The monoisotopic (exact) mass is 1380 g/mol. The zero-order valence-corrected chi connectivity index (χ0v) is 61.0. The highest BCUT2D eigenvalue weighted by Crippen LogP contribution is 2.58. The molecule has 1 heteroatoms. The van der Waals surface area contributed by atoms with Crippen LogP contribution in [-0.4, -0.2) is 0 Å². The van der Waals surface area contributed by atoms with E-state index in [-0.39, 0.29) is 10.8 Å². The van der Waals surface area contributed by atoms with Crippen molar-refractivity contribution in [2.45, 2.75) is 38.5 Å². The van der Waals surface area contributed by atoms with Crippen molar-refractivity contribution in [2.24, 2.45) is 0 Å². The Morgan fingerprint density at radius 3 is 1.00 bits per heavy atom. The number of hydrogen-bond acceptors (Lipinski definition) is 1. The molecule has 0 atom stereocenters. The Morgan fingerprint density at radius 1 is 0.183 bits per heavy atom. The van der Waals surface area contributed by atoms with E-state index in [1.54, 1.807) is 0 Å². The van der Waals surface area contributed by atoms with E-state index in [9.17, 15) is 0 Å². The number of furan rings is 1. The summed E-state index contributed by atoms with van der Waals surface area (Å²) in [7, 11) is 0. The van der Waals surface area contributed by atoms with Crippen molar-refractivity contribution < 1.29 is 4.42 Å². The van der Waals surface area contributed by atoms with Gasteiger partial charge in [-0.1, -0.05) is 367 Å². The number of fused-ring (bicyclic) bond motifs is 22. The Morgan fingerprint density at radius 2 is 0.523 bits per heavy atom. The third-order valence-corrected chi connectivity index (χ3v) is 24.6. The van der Waals surface area contributed by atoms with E-state index >= 15 is 0 Å². The molecule has 0 bridgehead atoms. The van der Waals surface area contributed by atoms with E-state index in [4.69, 9.17) is 4.42 Å². The standard InChI is InChI=1S/C57H38.C51H34O/c1-57(2)51-25-13-24-41(55(51)49-33-32-36-15-4-6-17-42(36)56(49)57)37-26-29-38(30-27-37)52-45-20-9-11-22-47(45)54(48-23-12-10-21-46(48)52)50-34-39-31-28-35-14-3-5-16-40(35)53(39)44-19-8-7-18-43(44)50;1-51(2)44-20-11-19-35(49(44)42-28-26-31-12-3-4-13-36(31)50(42)51)32-22-24-33(25-23-32)47-38-15-5-7-17-40(38)48(41-18-8-6-16-39(41)47)34-27-29-46-43(30-34)37-14-9-10-21-45(37)52-46/h3-34H,1-2H3;3-30H,1-2H3. The van der Waals surface area contributed by atoms with Gasteiger partial charge in [-0.2, -0.15) is 0 Å². The van der Waals surface area contributed by atoms with Crippen LogP contribution < -0.4 is 0 Å². The van der Waals surface area contributed by atoms with Crippen LogP contribution in [0.1, 0.15) is 49.9 Å². The summed E-state index contributed by atoms with van der Waals surface area (Å²) in [5, 5.41) is 25.4. The SMILES string of the molecule is CC1(C)c2cccc(-c3ccc(-c4c5ccccc5c(-c5cc6ccc7ccccc7c6c6ccccc56)c5ccccc45)cc3)c2-c2ccc3ccccc3c21.CC1(C)c2cccc(-c3ccc(-c4c5ccccc5c(-c5ccc6oc7ccccc7c6c5)c5ccccc45)cc3)c2-c2ccc3ccccc3c21. The molecule has 0 saturated heterocycles. The zero-order valence-electron chi connectivity index (χ0n) is 61.0. The van der Waals surface area contributed by atoms with Crippen molar-refractivity contribution in [1.82, 2.24) is 0 Å². The van der Waals surface area contributed by atoms with Gasteiger partial charge in [0.05, 0.1) is 0 Å². The van der Waals surface area contributed by atoms with Gasteiger partial charge in [-0.15, -0.1) is 0 Å². The summed E-state index contributed by atoms with van der Waals surface area (Å²) in [6, 6.07) is 135. The normalized spacial score (nSPS) is 13.3. The van der Waals surface area contributed by atoms with Crippen LogP contribution in [0.2, 0.25) is 0 Å². The molecule has 0 N–H and O–H groups in total. The molecule has 2 aliphatic carbocycles. The van der Waals surface area contributed by atoms with E-state index in [0.29, 0.717) is 0 Å². The molecule has 109 heavy (non-hydrogen) atoms. The number of hydrogen-bond donors (Lipinski definition) is 0. The Labute approximate surface area is 632 Å². The second-order valence-corrected chi connectivity index (χ2v) is 31.1. The summed E-state index contributed by atoms with van der Waals surface area (Å²) in [5.41, 5.74) is 27.9. The van der Waals surface area contributed by atoms with Crippen LogP contribution in [0.5, 0.6) is 0 Å². The fraction of sp³-hybridized carbons (Fsp3) is 0.0556. The molecule has 1 heterocycles. The summed E-state index contributed by atoms with van der Waals surface area (Å²) in [4.78, 5) is 0. The molecule has 510 valence electrons. The van der Waals surface area contributed by atoms with Gasteiger partial charge in [0, 0.05) is 21.6 Å². The first kappa shape index (κ1) is 62.9. The topological polar surface area (TPSA) is 13.1 Å². The fourth-order valence-corrected chi connectivity index (χ4v) is 19.9. The van der Waals surface area contributed by atoms with Crippen molar-refractivity contribution in [2.75, 3.05) is 0 Å². The van der Waals surface area contributed by atoms with Gasteiger partial charge in [-0.3, -0.25) is 0 Å². The van der Waals surface area contributed by atoms with Crippen molar-refractivity contribution in [3.63, 3.8) is 0 Å². The molecular weight excluding hydrogens is 1310 g/mol. The van der Waals surface area contributed by atoms with Crippen LogP contribution in [0, 0.1) is 0 Å². The highest BCUT2D eigenvalue weighted by molar-refractivity contribution is 6.29. The lowest BCUT2D eigenvalue weighted by Crippen LogP contribution is -2.15.